The minimum atomic E-state index is -0.446. The first-order valence-corrected chi connectivity index (χ1v) is 10.5. The number of nitrogens with zero attached hydrogens (tertiary/aromatic N) is 2. The number of anilines is 2. The number of non-ortho nitro benzene ring substituents is 1. The molecule has 1 aliphatic rings. The molecular weight excluding hydrogens is 464 g/mol. The Labute approximate surface area is 186 Å². The molecule has 0 aliphatic heterocycles. The molecule has 1 aromatic heterocycles. The van der Waals surface area contributed by atoms with E-state index in [1.165, 1.54) is 12.1 Å². The second-order valence-corrected chi connectivity index (χ2v) is 7.97. The van der Waals surface area contributed by atoms with Crippen LogP contribution in [0.3, 0.4) is 0 Å². The fraction of sp³-hybridized carbons (Fsp3) is 0.182. The van der Waals surface area contributed by atoms with Crippen LogP contribution in [-0.2, 0) is 6.42 Å². The average Bonchev–Trinajstić information content (AvgIpc) is 3.11. The number of fused-ring (bicyclic) bond motifs is 1. The summed E-state index contributed by atoms with van der Waals surface area (Å²) in [5.74, 6) is 0.692. The predicted molar refractivity (Wildman–Crippen MR) is 122 cm³/mol. The summed E-state index contributed by atoms with van der Waals surface area (Å²) in [6.45, 7) is 1.85. The molecule has 0 atom stereocenters. The fourth-order valence-corrected chi connectivity index (χ4v) is 3.91. The first-order valence-electron chi connectivity index (χ1n) is 9.69. The van der Waals surface area contributed by atoms with Crippen molar-refractivity contribution in [3.05, 3.63) is 85.8 Å². The predicted octanol–water partition coefficient (Wildman–Crippen LogP) is 5.66. The highest BCUT2D eigenvalue weighted by molar-refractivity contribution is 9.10. The van der Waals surface area contributed by atoms with Gasteiger partial charge in [-0.2, -0.15) is 5.10 Å². The lowest BCUT2D eigenvalue weighted by Gasteiger charge is -2.13. The van der Waals surface area contributed by atoms with Crippen LogP contribution >= 0.6 is 15.9 Å². The molecule has 2 N–H and O–H groups in total. The van der Waals surface area contributed by atoms with Crippen molar-refractivity contribution in [1.82, 2.24) is 0 Å². The Hall–Kier alpha value is -3.46. The lowest BCUT2D eigenvalue weighted by atomic mass is 9.93. The SMILES string of the molecule is Cc1c(C(=O)Nc2ccccc2Br)oc2c1/C(=N/Nc1ccc([N+](=O)[O-])cc1)CCC2. The lowest BCUT2D eigenvalue weighted by molar-refractivity contribution is -0.384. The summed E-state index contributed by atoms with van der Waals surface area (Å²) in [6, 6.07) is 13.4. The van der Waals surface area contributed by atoms with Gasteiger partial charge in [0.2, 0.25) is 0 Å². The number of hydrogen-bond donors (Lipinski definition) is 2. The maximum absolute atomic E-state index is 12.8. The van der Waals surface area contributed by atoms with E-state index in [1.807, 2.05) is 25.1 Å². The molecule has 0 radical (unpaired) electrons. The maximum Gasteiger partial charge on any atom is 0.291 e. The molecular formula is C22H19BrN4O4. The van der Waals surface area contributed by atoms with E-state index in [0.29, 0.717) is 11.4 Å². The Kier molecular flexibility index (Phi) is 5.85. The van der Waals surface area contributed by atoms with Crippen LogP contribution in [-0.4, -0.2) is 16.5 Å². The molecule has 1 heterocycles. The lowest BCUT2D eigenvalue weighted by Crippen LogP contribution is -2.14. The van der Waals surface area contributed by atoms with E-state index in [1.54, 1.807) is 18.2 Å². The van der Waals surface area contributed by atoms with E-state index in [9.17, 15) is 14.9 Å². The number of carbonyl (C=O) groups excluding carboxylic acids is 1. The van der Waals surface area contributed by atoms with Crippen LogP contribution in [0.15, 0.2) is 62.5 Å². The van der Waals surface area contributed by atoms with Gasteiger partial charge in [0.05, 0.1) is 22.0 Å². The number of furan rings is 1. The van der Waals surface area contributed by atoms with E-state index in [-0.39, 0.29) is 17.4 Å². The summed E-state index contributed by atoms with van der Waals surface area (Å²) in [6.07, 6.45) is 2.32. The summed E-state index contributed by atoms with van der Waals surface area (Å²) in [5.41, 5.74) is 6.65. The van der Waals surface area contributed by atoms with Crippen molar-refractivity contribution in [3.63, 3.8) is 0 Å². The average molecular weight is 483 g/mol. The topological polar surface area (TPSA) is 110 Å². The van der Waals surface area contributed by atoms with Crippen LogP contribution in [0.25, 0.3) is 0 Å². The van der Waals surface area contributed by atoms with Gasteiger partial charge in [-0.15, -0.1) is 0 Å². The van der Waals surface area contributed by atoms with Gasteiger partial charge in [0.1, 0.15) is 5.76 Å². The first kappa shape index (κ1) is 20.8. The Balaban J connectivity index is 1.58. The number of para-hydroxylation sites is 1. The number of hydrogen-bond acceptors (Lipinski definition) is 6. The summed E-state index contributed by atoms with van der Waals surface area (Å²) in [7, 11) is 0. The molecule has 8 nitrogen and oxygen atoms in total. The standard InChI is InChI=1S/C22H19BrN4O4/c1-13-20-18(26-25-14-9-11-15(12-10-14)27(29)30)7-4-8-19(20)31-21(13)22(28)24-17-6-3-2-5-16(17)23/h2-3,5-6,9-12,25H,4,7-8H2,1H3,(H,24,28)/b26-18+. The van der Waals surface area contributed by atoms with Crippen molar-refractivity contribution in [2.75, 3.05) is 10.7 Å². The third-order valence-electron chi connectivity index (χ3n) is 5.05. The van der Waals surface area contributed by atoms with E-state index in [0.717, 1.165) is 46.3 Å². The number of amides is 1. The summed E-state index contributed by atoms with van der Waals surface area (Å²) in [4.78, 5) is 23.2. The van der Waals surface area contributed by atoms with Gasteiger partial charge in [-0.3, -0.25) is 20.3 Å². The number of rotatable bonds is 5. The molecule has 0 unspecified atom stereocenters. The van der Waals surface area contributed by atoms with Crippen LogP contribution < -0.4 is 10.7 Å². The summed E-state index contributed by atoms with van der Waals surface area (Å²) >= 11 is 3.43. The van der Waals surface area contributed by atoms with Crippen LogP contribution in [0.4, 0.5) is 17.1 Å². The first-order chi connectivity index (χ1) is 14.9. The molecule has 0 saturated heterocycles. The second-order valence-electron chi connectivity index (χ2n) is 7.12. The fourth-order valence-electron chi connectivity index (χ4n) is 3.53. The van der Waals surface area contributed by atoms with Crippen LogP contribution in [0, 0.1) is 17.0 Å². The quantitative estimate of drug-likeness (QED) is 0.359. The molecule has 0 bridgehead atoms. The third kappa shape index (κ3) is 4.36. The Morgan fingerprint density at radius 1 is 1.16 bits per heavy atom. The molecule has 4 rings (SSSR count). The number of benzene rings is 2. The number of carbonyl (C=O) groups is 1. The number of hydrazone groups is 1. The number of halogens is 1. The molecule has 0 saturated carbocycles. The van der Waals surface area contributed by atoms with Crippen molar-refractivity contribution >= 4 is 44.6 Å². The monoisotopic (exact) mass is 482 g/mol. The van der Waals surface area contributed by atoms with Gasteiger partial charge in [-0.05, 0) is 60.0 Å². The van der Waals surface area contributed by atoms with E-state index in [2.05, 4.69) is 31.8 Å². The smallest absolute Gasteiger partial charge is 0.291 e. The molecule has 1 amide bonds. The van der Waals surface area contributed by atoms with Gasteiger partial charge in [0, 0.05) is 34.2 Å². The molecule has 9 heteroatoms. The van der Waals surface area contributed by atoms with Crippen LogP contribution in [0.1, 0.15) is 40.3 Å². The normalized spacial score (nSPS) is 14.2. The maximum atomic E-state index is 12.8. The molecule has 0 fully saturated rings. The zero-order valence-electron chi connectivity index (χ0n) is 16.6. The van der Waals surface area contributed by atoms with Crippen molar-refractivity contribution < 1.29 is 14.1 Å². The molecule has 1 aliphatic carbocycles. The molecule has 0 spiro atoms. The van der Waals surface area contributed by atoms with Crippen molar-refractivity contribution in [1.29, 1.82) is 0 Å². The van der Waals surface area contributed by atoms with E-state index in [4.69, 9.17) is 4.42 Å². The number of aryl methyl sites for hydroxylation is 1. The van der Waals surface area contributed by atoms with Gasteiger partial charge >= 0.3 is 0 Å². The highest BCUT2D eigenvalue weighted by Gasteiger charge is 2.28. The van der Waals surface area contributed by atoms with Crippen molar-refractivity contribution in [2.24, 2.45) is 5.10 Å². The summed E-state index contributed by atoms with van der Waals surface area (Å²) < 4.78 is 6.71. The number of nitro groups is 1. The van der Waals surface area contributed by atoms with Gasteiger partial charge in [-0.1, -0.05) is 12.1 Å². The van der Waals surface area contributed by atoms with Gasteiger partial charge in [0.25, 0.3) is 11.6 Å². The van der Waals surface area contributed by atoms with Crippen LogP contribution in [0.2, 0.25) is 0 Å². The van der Waals surface area contributed by atoms with Gasteiger partial charge in [-0.25, -0.2) is 0 Å². The minimum Gasteiger partial charge on any atom is -0.455 e. The van der Waals surface area contributed by atoms with Crippen molar-refractivity contribution in [2.45, 2.75) is 26.2 Å². The molecule has 2 aromatic carbocycles. The highest BCUT2D eigenvalue weighted by atomic mass is 79.9. The van der Waals surface area contributed by atoms with Crippen molar-refractivity contribution in [3.8, 4) is 0 Å². The Morgan fingerprint density at radius 3 is 2.61 bits per heavy atom. The van der Waals surface area contributed by atoms with Gasteiger partial charge in [0.15, 0.2) is 5.76 Å². The minimum absolute atomic E-state index is 0.0181. The Morgan fingerprint density at radius 2 is 1.90 bits per heavy atom. The third-order valence-corrected chi connectivity index (χ3v) is 5.74. The molecule has 158 valence electrons. The summed E-state index contributed by atoms with van der Waals surface area (Å²) in [5, 5.41) is 18.2. The zero-order valence-corrected chi connectivity index (χ0v) is 18.2. The molecule has 3 aromatic rings. The Bertz CT molecular complexity index is 1180. The number of nitrogens with one attached hydrogen (secondary N) is 2. The second kappa shape index (κ2) is 8.73. The van der Waals surface area contributed by atoms with E-state index < -0.39 is 4.92 Å². The molecule has 31 heavy (non-hydrogen) atoms. The van der Waals surface area contributed by atoms with E-state index >= 15 is 0 Å². The number of nitro benzene ring substituents is 1. The largest absolute Gasteiger partial charge is 0.455 e. The van der Waals surface area contributed by atoms with Gasteiger partial charge < -0.3 is 9.73 Å². The van der Waals surface area contributed by atoms with Crippen LogP contribution in [0.5, 0.6) is 0 Å². The zero-order chi connectivity index (χ0) is 22.0. The highest BCUT2D eigenvalue weighted by Crippen LogP contribution is 2.31.